The molecule has 0 aliphatic rings. The minimum absolute atomic E-state index is 0.249. The van der Waals surface area contributed by atoms with Gasteiger partial charge in [0, 0.05) is 6.54 Å². The first kappa shape index (κ1) is 17.1. The summed E-state index contributed by atoms with van der Waals surface area (Å²) >= 11 is 0. The van der Waals surface area contributed by atoms with Gasteiger partial charge in [-0.3, -0.25) is 0 Å². The summed E-state index contributed by atoms with van der Waals surface area (Å²) in [6.45, 7) is 8.64. The Bertz CT molecular complexity index is 472. The number of rotatable bonds is 7. The van der Waals surface area contributed by atoms with E-state index in [2.05, 4.69) is 45.8 Å². The minimum atomic E-state index is 0.249. The van der Waals surface area contributed by atoms with Gasteiger partial charge in [-0.1, -0.05) is 30.2 Å². The number of benzene rings is 1. The van der Waals surface area contributed by atoms with Gasteiger partial charge in [0.2, 0.25) is 0 Å². The third-order valence-electron chi connectivity index (χ3n) is 2.73. The van der Waals surface area contributed by atoms with Crippen LogP contribution in [0.4, 0.5) is 0 Å². The van der Waals surface area contributed by atoms with Crippen LogP contribution in [0.2, 0.25) is 0 Å². The second kappa shape index (κ2) is 9.84. The first-order valence-electron chi connectivity index (χ1n) is 7.30. The maximum absolute atomic E-state index is 5.58. The van der Waals surface area contributed by atoms with Crippen LogP contribution in [-0.4, -0.2) is 25.2 Å². The smallest absolute Gasteiger partial charge is 0.192 e. The number of terminal acetylenes is 1. The summed E-state index contributed by atoms with van der Waals surface area (Å²) in [5.41, 5.74) is 2.33. The van der Waals surface area contributed by atoms with Crippen molar-refractivity contribution in [3.05, 3.63) is 35.4 Å². The van der Waals surface area contributed by atoms with Gasteiger partial charge in [0.15, 0.2) is 5.96 Å². The lowest BCUT2D eigenvalue weighted by molar-refractivity contribution is 0.0657. The van der Waals surface area contributed by atoms with Crippen LogP contribution in [0.1, 0.15) is 31.9 Å². The molecule has 0 radical (unpaired) electrons. The monoisotopic (exact) mass is 287 g/mol. The summed E-state index contributed by atoms with van der Waals surface area (Å²) < 4.78 is 5.58. The topological polar surface area (TPSA) is 45.7 Å². The van der Waals surface area contributed by atoms with E-state index in [0.29, 0.717) is 19.7 Å². The predicted molar refractivity (Wildman–Crippen MR) is 88.0 cm³/mol. The fourth-order valence-electron chi connectivity index (χ4n) is 1.65. The second-order valence-electron chi connectivity index (χ2n) is 4.93. The van der Waals surface area contributed by atoms with Gasteiger partial charge in [-0.15, -0.1) is 6.42 Å². The van der Waals surface area contributed by atoms with Gasteiger partial charge in [0.25, 0.3) is 0 Å². The van der Waals surface area contributed by atoms with Crippen LogP contribution in [0.5, 0.6) is 0 Å². The van der Waals surface area contributed by atoms with E-state index in [1.165, 1.54) is 5.56 Å². The number of hydrogen-bond donors (Lipinski definition) is 2. The molecule has 0 atom stereocenters. The zero-order valence-electron chi connectivity index (χ0n) is 13.1. The fourth-order valence-corrected chi connectivity index (χ4v) is 1.65. The molecule has 0 amide bonds. The average molecular weight is 287 g/mol. The zero-order valence-corrected chi connectivity index (χ0v) is 13.1. The van der Waals surface area contributed by atoms with E-state index < -0.39 is 0 Å². The van der Waals surface area contributed by atoms with Crippen LogP contribution in [0.3, 0.4) is 0 Å². The van der Waals surface area contributed by atoms with E-state index >= 15 is 0 Å². The van der Waals surface area contributed by atoms with Crippen LogP contribution >= 0.6 is 0 Å². The van der Waals surface area contributed by atoms with E-state index in [1.807, 2.05) is 20.8 Å². The van der Waals surface area contributed by atoms with Crippen molar-refractivity contribution in [1.29, 1.82) is 0 Å². The SMILES string of the molecule is C#CCNC(=NCc1ccc(COC(C)C)cc1)NCC. The highest BCUT2D eigenvalue weighted by Gasteiger charge is 1.99. The van der Waals surface area contributed by atoms with Crippen molar-refractivity contribution in [3.8, 4) is 12.3 Å². The summed E-state index contributed by atoms with van der Waals surface area (Å²) in [6, 6.07) is 8.31. The molecule has 4 nitrogen and oxygen atoms in total. The molecule has 0 aliphatic heterocycles. The number of nitrogens with zero attached hydrogens (tertiary/aromatic N) is 1. The molecule has 114 valence electrons. The number of aliphatic imine (C=N–C) groups is 1. The second-order valence-corrected chi connectivity index (χ2v) is 4.93. The summed E-state index contributed by atoms with van der Waals surface area (Å²) in [5, 5.41) is 6.22. The zero-order chi connectivity index (χ0) is 15.5. The Labute approximate surface area is 128 Å². The van der Waals surface area contributed by atoms with Crippen LogP contribution in [0.15, 0.2) is 29.3 Å². The summed E-state index contributed by atoms with van der Waals surface area (Å²) in [6.07, 6.45) is 5.49. The molecule has 0 bridgehead atoms. The van der Waals surface area contributed by atoms with Crippen molar-refractivity contribution in [3.63, 3.8) is 0 Å². The first-order chi connectivity index (χ1) is 10.2. The van der Waals surface area contributed by atoms with Gasteiger partial charge in [-0.05, 0) is 31.9 Å². The lowest BCUT2D eigenvalue weighted by Gasteiger charge is -2.09. The molecule has 0 heterocycles. The highest BCUT2D eigenvalue weighted by molar-refractivity contribution is 5.79. The maximum atomic E-state index is 5.58. The van der Waals surface area contributed by atoms with Crippen molar-refractivity contribution in [2.45, 2.75) is 40.0 Å². The van der Waals surface area contributed by atoms with Crippen LogP contribution in [0.25, 0.3) is 0 Å². The van der Waals surface area contributed by atoms with E-state index in [4.69, 9.17) is 11.2 Å². The van der Waals surface area contributed by atoms with Crippen molar-refractivity contribution in [1.82, 2.24) is 10.6 Å². The van der Waals surface area contributed by atoms with Crippen LogP contribution in [-0.2, 0) is 17.9 Å². The third-order valence-corrected chi connectivity index (χ3v) is 2.73. The van der Waals surface area contributed by atoms with Gasteiger partial charge in [-0.2, -0.15) is 0 Å². The molecule has 1 aromatic carbocycles. The van der Waals surface area contributed by atoms with Crippen molar-refractivity contribution in [2.24, 2.45) is 4.99 Å². The van der Waals surface area contributed by atoms with Crippen LogP contribution < -0.4 is 10.6 Å². The number of hydrogen-bond acceptors (Lipinski definition) is 2. The highest BCUT2D eigenvalue weighted by Crippen LogP contribution is 2.08. The Kier molecular flexibility index (Phi) is 8.00. The lowest BCUT2D eigenvalue weighted by Crippen LogP contribution is -2.37. The summed E-state index contributed by atoms with van der Waals surface area (Å²) in [7, 11) is 0. The number of nitrogens with one attached hydrogen (secondary N) is 2. The lowest BCUT2D eigenvalue weighted by atomic mass is 10.1. The van der Waals surface area contributed by atoms with Gasteiger partial charge >= 0.3 is 0 Å². The average Bonchev–Trinajstić information content (AvgIpc) is 2.49. The first-order valence-corrected chi connectivity index (χ1v) is 7.30. The van der Waals surface area contributed by atoms with E-state index in [0.717, 1.165) is 18.1 Å². The minimum Gasteiger partial charge on any atom is -0.374 e. The number of ether oxygens (including phenoxy) is 1. The van der Waals surface area contributed by atoms with Gasteiger partial charge < -0.3 is 15.4 Å². The highest BCUT2D eigenvalue weighted by atomic mass is 16.5. The van der Waals surface area contributed by atoms with Gasteiger partial charge in [0.1, 0.15) is 0 Å². The Morgan fingerprint density at radius 1 is 1.24 bits per heavy atom. The summed E-state index contributed by atoms with van der Waals surface area (Å²) in [4.78, 5) is 4.49. The van der Waals surface area contributed by atoms with Crippen molar-refractivity contribution < 1.29 is 4.74 Å². The Morgan fingerprint density at radius 2 is 1.90 bits per heavy atom. The standard InChI is InChI=1S/C17H25N3O/c1-5-11-19-17(18-6-2)20-12-15-7-9-16(10-8-15)13-21-14(3)4/h1,7-10,14H,6,11-13H2,2-4H3,(H2,18,19,20). The molecule has 1 aromatic rings. The van der Waals surface area contributed by atoms with Crippen molar-refractivity contribution in [2.75, 3.05) is 13.1 Å². The summed E-state index contributed by atoms with van der Waals surface area (Å²) in [5.74, 6) is 3.28. The molecule has 0 saturated carbocycles. The fraction of sp³-hybridized carbons (Fsp3) is 0.471. The molecule has 1 rings (SSSR count). The largest absolute Gasteiger partial charge is 0.374 e. The molecule has 2 N–H and O–H groups in total. The molecule has 21 heavy (non-hydrogen) atoms. The molecule has 4 heteroatoms. The van der Waals surface area contributed by atoms with Gasteiger partial charge in [-0.25, -0.2) is 4.99 Å². The van der Waals surface area contributed by atoms with E-state index in [-0.39, 0.29) is 6.10 Å². The molecule has 0 saturated heterocycles. The van der Waals surface area contributed by atoms with E-state index in [9.17, 15) is 0 Å². The van der Waals surface area contributed by atoms with Crippen molar-refractivity contribution >= 4 is 5.96 Å². The molecule has 0 fully saturated rings. The maximum Gasteiger partial charge on any atom is 0.192 e. The third kappa shape index (κ3) is 7.38. The molecular weight excluding hydrogens is 262 g/mol. The normalized spacial score (nSPS) is 11.3. The number of guanidine groups is 1. The van der Waals surface area contributed by atoms with Gasteiger partial charge in [0.05, 0.1) is 25.8 Å². The quantitative estimate of drug-likeness (QED) is 0.459. The Morgan fingerprint density at radius 3 is 2.48 bits per heavy atom. The Balaban J connectivity index is 2.55. The Hall–Kier alpha value is -1.99. The van der Waals surface area contributed by atoms with Crippen LogP contribution in [0, 0.1) is 12.3 Å². The molecular formula is C17H25N3O. The molecule has 0 unspecified atom stereocenters. The van der Waals surface area contributed by atoms with E-state index in [1.54, 1.807) is 0 Å². The predicted octanol–water partition coefficient (Wildman–Crippen LogP) is 2.30. The molecule has 0 aromatic heterocycles. The molecule has 0 aliphatic carbocycles. The molecule has 0 spiro atoms.